The van der Waals surface area contributed by atoms with Crippen molar-refractivity contribution in [2.75, 3.05) is 5.34 Å². The summed E-state index contributed by atoms with van der Waals surface area (Å²) in [7, 11) is 0. The van der Waals surface area contributed by atoms with E-state index in [-0.39, 0.29) is 5.34 Å². The molecule has 0 heterocycles. The van der Waals surface area contributed by atoms with E-state index in [9.17, 15) is 13.2 Å². The predicted molar refractivity (Wildman–Crippen MR) is 48.0 cm³/mol. The van der Waals surface area contributed by atoms with Crippen LogP contribution in [0.15, 0.2) is 30.3 Å². The van der Waals surface area contributed by atoms with Crippen LogP contribution < -0.4 is 0 Å². The third kappa shape index (κ3) is 5.77. The number of hydrogen-bond acceptors (Lipinski definition) is 0. The van der Waals surface area contributed by atoms with Crippen molar-refractivity contribution in [2.24, 2.45) is 0 Å². The van der Waals surface area contributed by atoms with E-state index < -0.39 is 11.7 Å². The summed E-state index contributed by atoms with van der Waals surface area (Å²) in [6.07, 6.45) is -4.21. The Morgan fingerprint density at radius 1 is 1.00 bits per heavy atom. The maximum absolute atomic E-state index is 11.8. The van der Waals surface area contributed by atoms with Gasteiger partial charge in [0.25, 0.3) is 0 Å². The molecule has 0 spiro atoms. The lowest BCUT2D eigenvalue weighted by Gasteiger charge is -2.03. The highest BCUT2D eigenvalue weighted by molar-refractivity contribution is 6.40. The molecule has 0 aliphatic rings. The molecule has 0 fully saturated rings. The second-order valence-electron chi connectivity index (χ2n) is 1.96. The van der Waals surface area contributed by atoms with Crippen LogP contribution >= 0.6 is 23.2 Å². The molecular weight excluding hydrogens is 224 g/mol. The van der Waals surface area contributed by atoms with Gasteiger partial charge < -0.3 is 0 Å². The van der Waals surface area contributed by atoms with E-state index in [2.05, 4.69) is 0 Å². The predicted octanol–water partition coefficient (Wildman–Crippen LogP) is 4.13. The van der Waals surface area contributed by atoms with Gasteiger partial charge in [-0.05, 0) is 0 Å². The first-order valence-corrected chi connectivity index (χ1v) is 4.33. The van der Waals surface area contributed by atoms with E-state index in [1.54, 1.807) is 6.07 Å². The van der Waals surface area contributed by atoms with E-state index in [1.807, 2.05) is 0 Å². The van der Waals surface area contributed by atoms with Gasteiger partial charge in [-0.3, -0.25) is 0 Å². The molecule has 0 aliphatic carbocycles. The zero-order valence-electron chi connectivity index (χ0n) is 6.48. The molecule has 0 saturated heterocycles. The average molecular weight is 231 g/mol. The molecule has 1 aromatic rings. The molecule has 5 heteroatoms. The molecule has 1 aromatic carbocycles. The summed E-state index contributed by atoms with van der Waals surface area (Å²) in [6.45, 7) is 0. The van der Waals surface area contributed by atoms with Gasteiger partial charge in [0.1, 0.15) is 0 Å². The largest absolute Gasteiger partial charge is 0.416 e. The van der Waals surface area contributed by atoms with Crippen molar-refractivity contribution in [1.82, 2.24) is 0 Å². The number of halogens is 5. The molecule has 0 atom stereocenters. The second-order valence-corrected chi connectivity index (χ2v) is 2.77. The van der Waals surface area contributed by atoms with Crippen LogP contribution in [0.2, 0.25) is 0 Å². The third-order valence-corrected chi connectivity index (χ3v) is 1.10. The van der Waals surface area contributed by atoms with E-state index in [4.69, 9.17) is 23.2 Å². The van der Waals surface area contributed by atoms with Gasteiger partial charge in [0, 0.05) is 0 Å². The van der Waals surface area contributed by atoms with Crippen molar-refractivity contribution in [3.63, 3.8) is 0 Å². The number of hydrogen-bond donors (Lipinski definition) is 0. The Labute approximate surface area is 84.3 Å². The van der Waals surface area contributed by atoms with Crippen LogP contribution in [0.25, 0.3) is 0 Å². The Morgan fingerprint density at radius 3 is 1.62 bits per heavy atom. The first-order chi connectivity index (χ1) is 6.02. The standard InChI is InChI=1S/C7H5F3.CH2Cl2/c8-7(9,10)6-4-2-1-3-5-6;2-1-3/h1-5H;1H2. The first-order valence-electron chi connectivity index (χ1n) is 3.26. The topological polar surface area (TPSA) is 0 Å². The van der Waals surface area contributed by atoms with E-state index >= 15 is 0 Å². The third-order valence-electron chi connectivity index (χ3n) is 1.10. The van der Waals surface area contributed by atoms with Crippen molar-refractivity contribution in [3.05, 3.63) is 35.9 Å². The molecule has 0 nitrogen and oxygen atoms in total. The maximum Gasteiger partial charge on any atom is 0.416 e. The van der Waals surface area contributed by atoms with Crippen LogP contribution in [0.5, 0.6) is 0 Å². The molecule has 0 unspecified atom stereocenters. The molecule has 74 valence electrons. The molecule has 0 aromatic heterocycles. The second kappa shape index (κ2) is 6.11. The molecule has 1 rings (SSSR count). The highest BCUT2D eigenvalue weighted by Gasteiger charge is 2.29. The summed E-state index contributed by atoms with van der Waals surface area (Å²) in [5.41, 5.74) is -0.602. The van der Waals surface area contributed by atoms with Crippen molar-refractivity contribution >= 4 is 23.2 Å². The SMILES string of the molecule is ClCCl.FC(F)(F)c1ccccc1. The molecule has 0 radical (unpaired) electrons. The molecule has 0 amide bonds. The fourth-order valence-electron chi connectivity index (χ4n) is 0.627. The molecule has 0 bridgehead atoms. The Morgan fingerprint density at radius 2 is 1.38 bits per heavy atom. The zero-order chi connectivity index (χ0) is 10.3. The van der Waals surface area contributed by atoms with Crippen LogP contribution in [-0.4, -0.2) is 5.34 Å². The maximum atomic E-state index is 11.8. The Hall–Kier alpha value is -0.410. The van der Waals surface area contributed by atoms with Crippen molar-refractivity contribution in [3.8, 4) is 0 Å². The molecular formula is C8H7Cl2F3. The number of rotatable bonds is 0. The Balaban J connectivity index is 0.000000424. The van der Waals surface area contributed by atoms with Crippen LogP contribution in [0.1, 0.15) is 5.56 Å². The fourth-order valence-corrected chi connectivity index (χ4v) is 0.627. The Kier molecular flexibility index (Phi) is 5.91. The molecule has 13 heavy (non-hydrogen) atoms. The van der Waals surface area contributed by atoms with Crippen molar-refractivity contribution in [1.29, 1.82) is 0 Å². The van der Waals surface area contributed by atoms with Crippen LogP contribution in [0.4, 0.5) is 13.2 Å². The van der Waals surface area contributed by atoms with Gasteiger partial charge in [-0.15, -0.1) is 23.2 Å². The summed E-state index contributed by atoms with van der Waals surface area (Å²) in [5.74, 6) is 0. The van der Waals surface area contributed by atoms with Gasteiger partial charge in [-0.25, -0.2) is 0 Å². The average Bonchev–Trinajstić information content (AvgIpc) is 2.06. The number of alkyl halides is 5. The van der Waals surface area contributed by atoms with E-state index in [1.165, 1.54) is 12.1 Å². The number of benzene rings is 1. The summed E-state index contributed by atoms with van der Waals surface area (Å²) < 4.78 is 35.4. The quantitative estimate of drug-likeness (QED) is 0.589. The van der Waals surface area contributed by atoms with Gasteiger partial charge >= 0.3 is 6.18 Å². The van der Waals surface area contributed by atoms with E-state index in [0.717, 1.165) is 12.1 Å². The minimum Gasteiger partial charge on any atom is -0.166 e. The van der Waals surface area contributed by atoms with Gasteiger partial charge in [-0.1, -0.05) is 30.3 Å². The molecule has 0 N–H and O–H groups in total. The summed E-state index contributed by atoms with van der Waals surface area (Å²) in [5, 5.41) is 0.194. The van der Waals surface area contributed by atoms with Crippen LogP contribution in [0.3, 0.4) is 0 Å². The molecule has 0 aliphatic heterocycles. The van der Waals surface area contributed by atoms with Gasteiger partial charge in [0.2, 0.25) is 0 Å². The Bertz CT molecular complexity index is 221. The minimum absolute atomic E-state index is 0.194. The highest BCUT2D eigenvalue weighted by atomic mass is 35.5. The summed E-state index contributed by atoms with van der Waals surface area (Å²) in [4.78, 5) is 0. The summed E-state index contributed by atoms with van der Waals surface area (Å²) in [6, 6.07) is 6.36. The van der Waals surface area contributed by atoms with Crippen LogP contribution in [0, 0.1) is 0 Å². The lowest BCUT2D eigenvalue weighted by atomic mass is 10.2. The van der Waals surface area contributed by atoms with E-state index in [0.29, 0.717) is 0 Å². The lowest BCUT2D eigenvalue weighted by molar-refractivity contribution is -0.137. The van der Waals surface area contributed by atoms with Gasteiger partial charge in [-0.2, -0.15) is 13.2 Å². The van der Waals surface area contributed by atoms with Crippen LogP contribution in [-0.2, 0) is 6.18 Å². The fraction of sp³-hybridized carbons (Fsp3) is 0.250. The monoisotopic (exact) mass is 230 g/mol. The highest BCUT2D eigenvalue weighted by Crippen LogP contribution is 2.28. The normalized spacial score (nSPS) is 10.2. The minimum atomic E-state index is -4.21. The lowest BCUT2D eigenvalue weighted by Crippen LogP contribution is -2.03. The van der Waals surface area contributed by atoms with Gasteiger partial charge in [0.05, 0.1) is 10.9 Å². The first kappa shape index (κ1) is 12.6. The smallest absolute Gasteiger partial charge is 0.166 e. The van der Waals surface area contributed by atoms with Crippen molar-refractivity contribution in [2.45, 2.75) is 6.18 Å². The van der Waals surface area contributed by atoms with Crippen molar-refractivity contribution < 1.29 is 13.2 Å². The summed E-state index contributed by atoms with van der Waals surface area (Å²) >= 11 is 9.53. The molecule has 0 saturated carbocycles. The van der Waals surface area contributed by atoms with Gasteiger partial charge in [0.15, 0.2) is 0 Å². The zero-order valence-corrected chi connectivity index (χ0v) is 8.00.